The molecule has 0 saturated carbocycles. The Hall–Kier alpha value is -2.14. The van der Waals surface area contributed by atoms with E-state index in [1.165, 1.54) is 12.4 Å². The summed E-state index contributed by atoms with van der Waals surface area (Å²) >= 11 is 5.90. The monoisotopic (exact) mass is 302 g/mol. The second kappa shape index (κ2) is 6.10. The first kappa shape index (κ1) is 13.8. The van der Waals surface area contributed by atoms with Crippen LogP contribution in [-0.4, -0.2) is 47.0 Å². The van der Waals surface area contributed by atoms with Gasteiger partial charge >= 0.3 is 0 Å². The van der Waals surface area contributed by atoms with Gasteiger partial charge in [-0.2, -0.15) is 0 Å². The molecule has 21 heavy (non-hydrogen) atoms. The first-order chi connectivity index (χ1) is 10.2. The van der Waals surface area contributed by atoms with Gasteiger partial charge < -0.3 is 9.80 Å². The van der Waals surface area contributed by atoms with Crippen LogP contribution in [0.1, 0.15) is 10.5 Å². The number of hydrogen-bond acceptors (Lipinski definition) is 4. The number of aromatic nitrogens is 2. The highest BCUT2D eigenvalue weighted by molar-refractivity contribution is 6.30. The zero-order valence-electron chi connectivity index (χ0n) is 11.4. The van der Waals surface area contributed by atoms with Crippen LogP contribution in [0, 0.1) is 0 Å². The minimum atomic E-state index is -0.0566. The number of carbonyl (C=O) groups excluding carboxylic acids is 1. The molecule has 2 heterocycles. The maximum Gasteiger partial charge on any atom is 0.274 e. The highest BCUT2D eigenvalue weighted by atomic mass is 35.5. The van der Waals surface area contributed by atoms with Gasteiger partial charge in [0.15, 0.2) is 0 Å². The van der Waals surface area contributed by atoms with Gasteiger partial charge in [-0.15, -0.1) is 0 Å². The Kier molecular flexibility index (Phi) is 4.01. The number of benzene rings is 1. The van der Waals surface area contributed by atoms with Crippen molar-refractivity contribution < 1.29 is 4.79 Å². The van der Waals surface area contributed by atoms with E-state index in [2.05, 4.69) is 14.9 Å². The smallest absolute Gasteiger partial charge is 0.274 e. The van der Waals surface area contributed by atoms with Crippen molar-refractivity contribution in [2.24, 2.45) is 0 Å². The Morgan fingerprint density at radius 2 is 1.76 bits per heavy atom. The Balaban J connectivity index is 1.63. The zero-order chi connectivity index (χ0) is 14.7. The molecule has 1 aliphatic heterocycles. The van der Waals surface area contributed by atoms with E-state index in [0.29, 0.717) is 18.8 Å². The molecule has 1 fully saturated rings. The molecule has 108 valence electrons. The van der Waals surface area contributed by atoms with E-state index < -0.39 is 0 Å². The maximum absolute atomic E-state index is 12.3. The molecule has 1 aliphatic rings. The molecule has 1 saturated heterocycles. The zero-order valence-corrected chi connectivity index (χ0v) is 12.2. The number of amides is 1. The van der Waals surface area contributed by atoms with E-state index in [1.54, 1.807) is 6.20 Å². The summed E-state index contributed by atoms with van der Waals surface area (Å²) in [6, 6.07) is 7.77. The number of nitrogens with zero attached hydrogens (tertiary/aromatic N) is 4. The van der Waals surface area contributed by atoms with Crippen LogP contribution in [0.2, 0.25) is 5.02 Å². The minimum Gasteiger partial charge on any atom is -0.368 e. The van der Waals surface area contributed by atoms with Crippen molar-refractivity contribution in [2.75, 3.05) is 31.1 Å². The SMILES string of the molecule is O=C(c1cnccn1)N1CCN(c2ccc(Cl)cc2)CC1. The third-order valence-corrected chi connectivity index (χ3v) is 3.79. The van der Waals surface area contributed by atoms with E-state index in [9.17, 15) is 4.79 Å². The molecule has 1 aromatic carbocycles. The third-order valence-electron chi connectivity index (χ3n) is 3.54. The van der Waals surface area contributed by atoms with Crippen LogP contribution >= 0.6 is 11.6 Å². The average Bonchev–Trinajstić information content (AvgIpc) is 2.56. The van der Waals surface area contributed by atoms with Crippen LogP contribution < -0.4 is 4.90 Å². The fraction of sp³-hybridized carbons (Fsp3) is 0.267. The van der Waals surface area contributed by atoms with Crippen molar-refractivity contribution in [3.05, 3.63) is 53.6 Å². The van der Waals surface area contributed by atoms with Crippen LogP contribution in [-0.2, 0) is 0 Å². The maximum atomic E-state index is 12.3. The molecule has 0 N–H and O–H groups in total. The van der Waals surface area contributed by atoms with Crippen LogP contribution in [0.15, 0.2) is 42.9 Å². The van der Waals surface area contributed by atoms with E-state index in [-0.39, 0.29) is 5.91 Å². The predicted molar refractivity (Wildman–Crippen MR) is 81.6 cm³/mol. The van der Waals surface area contributed by atoms with E-state index in [1.807, 2.05) is 29.2 Å². The van der Waals surface area contributed by atoms with Gasteiger partial charge in [0.05, 0.1) is 6.20 Å². The molecule has 6 heteroatoms. The van der Waals surface area contributed by atoms with Gasteiger partial charge in [-0.05, 0) is 24.3 Å². The van der Waals surface area contributed by atoms with Crippen LogP contribution in [0.25, 0.3) is 0 Å². The molecule has 0 bridgehead atoms. The standard InChI is InChI=1S/C15H15ClN4O/c16-12-1-3-13(4-2-12)19-7-9-20(10-8-19)15(21)14-11-17-5-6-18-14/h1-6,11H,7-10H2. The van der Waals surface area contributed by atoms with Crippen LogP contribution in [0.3, 0.4) is 0 Å². The highest BCUT2D eigenvalue weighted by Gasteiger charge is 2.23. The molecule has 3 rings (SSSR count). The molecular formula is C15H15ClN4O. The number of rotatable bonds is 2. The summed E-state index contributed by atoms with van der Waals surface area (Å²) in [4.78, 5) is 24.3. The molecule has 0 spiro atoms. The lowest BCUT2D eigenvalue weighted by atomic mass is 10.2. The van der Waals surface area contributed by atoms with E-state index >= 15 is 0 Å². The second-order valence-electron chi connectivity index (χ2n) is 4.85. The first-order valence-corrected chi connectivity index (χ1v) is 7.17. The van der Waals surface area contributed by atoms with Gasteiger partial charge in [-0.1, -0.05) is 11.6 Å². The van der Waals surface area contributed by atoms with Crippen molar-refractivity contribution >= 4 is 23.2 Å². The van der Waals surface area contributed by atoms with E-state index in [0.717, 1.165) is 23.8 Å². The van der Waals surface area contributed by atoms with Crippen molar-refractivity contribution in [3.8, 4) is 0 Å². The molecule has 0 aliphatic carbocycles. The molecule has 0 unspecified atom stereocenters. The summed E-state index contributed by atoms with van der Waals surface area (Å²) in [5, 5.41) is 0.732. The van der Waals surface area contributed by atoms with Gasteiger partial charge in [0.25, 0.3) is 5.91 Å². The fourth-order valence-electron chi connectivity index (χ4n) is 2.39. The number of piperazine rings is 1. The molecule has 1 aromatic heterocycles. The predicted octanol–water partition coefficient (Wildman–Crippen LogP) is 2.09. The lowest BCUT2D eigenvalue weighted by Gasteiger charge is -2.35. The summed E-state index contributed by atoms with van der Waals surface area (Å²) in [5.74, 6) is -0.0566. The third kappa shape index (κ3) is 3.13. The summed E-state index contributed by atoms with van der Waals surface area (Å²) in [7, 11) is 0. The Morgan fingerprint density at radius 3 is 2.38 bits per heavy atom. The van der Waals surface area contributed by atoms with E-state index in [4.69, 9.17) is 11.6 Å². The molecule has 1 amide bonds. The second-order valence-corrected chi connectivity index (χ2v) is 5.28. The molecule has 2 aromatic rings. The first-order valence-electron chi connectivity index (χ1n) is 6.80. The van der Waals surface area contributed by atoms with Crippen molar-refractivity contribution in [1.29, 1.82) is 0 Å². The summed E-state index contributed by atoms with van der Waals surface area (Å²) in [6.45, 7) is 2.96. The molecular weight excluding hydrogens is 288 g/mol. The summed E-state index contributed by atoms with van der Waals surface area (Å²) in [6.07, 6.45) is 4.61. The van der Waals surface area contributed by atoms with Crippen molar-refractivity contribution in [1.82, 2.24) is 14.9 Å². The minimum absolute atomic E-state index is 0.0566. The fourth-order valence-corrected chi connectivity index (χ4v) is 2.52. The average molecular weight is 303 g/mol. The van der Waals surface area contributed by atoms with Gasteiger partial charge in [0, 0.05) is 49.3 Å². The van der Waals surface area contributed by atoms with Crippen LogP contribution in [0.4, 0.5) is 5.69 Å². The summed E-state index contributed by atoms with van der Waals surface area (Å²) in [5.41, 5.74) is 1.53. The van der Waals surface area contributed by atoms with Gasteiger partial charge in [0.1, 0.15) is 5.69 Å². The number of halogens is 1. The van der Waals surface area contributed by atoms with Crippen molar-refractivity contribution in [2.45, 2.75) is 0 Å². The largest absolute Gasteiger partial charge is 0.368 e. The van der Waals surface area contributed by atoms with Gasteiger partial charge in [-0.3, -0.25) is 9.78 Å². The Labute approximate surface area is 128 Å². The van der Waals surface area contributed by atoms with Crippen LogP contribution in [0.5, 0.6) is 0 Å². The quantitative estimate of drug-likeness (QED) is 0.852. The van der Waals surface area contributed by atoms with Gasteiger partial charge in [-0.25, -0.2) is 4.98 Å². The number of hydrogen-bond donors (Lipinski definition) is 0. The Bertz CT molecular complexity index is 609. The molecule has 0 atom stereocenters. The lowest BCUT2D eigenvalue weighted by molar-refractivity contribution is 0.0740. The van der Waals surface area contributed by atoms with Gasteiger partial charge in [0.2, 0.25) is 0 Å². The molecule has 5 nitrogen and oxygen atoms in total. The number of carbonyl (C=O) groups is 1. The molecule has 0 radical (unpaired) electrons. The van der Waals surface area contributed by atoms with Crippen molar-refractivity contribution in [3.63, 3.8) is 0 Å². The number of anilines is 1. The lowest BCUT2D eigenvalue weighted by Crippen LogP contribution is -2.49. The summed E-state index contributed by atoms with van der Waals surface area (Å²) < 4.78 is 0. The highest BCUT2D eigenvalue weighted by Crippen LogP contribution is 2.19. The topological polar surface area (TPSA) is 49.3 Å². The normalized spacial score (nSPS) is 15.1. The Morgan fingerprint density at radius 1 is 1.05 bits per heavy atom.